The topological polar surface area (TPSA) is 97.7 Å². The highest BCUT2D eigenvalue weighted by molar-refractivity contribution is 5.92. The Hall–Kier alpha value is -4.13. The van der Waals surface area contributed by atoms with E-state index < -0.39 is 11.6 Å². The minimum Gasteiger partial charge on any atom is -0.544 e. The van der Waals surface area contributed by atoms with Gasteiger partial charge in [0.15, 0.2) is 18.5 Å². The number of benzene rings is 2. The largest absolute Gasteiger partial charge is 0.544 e. The fourth-order valence-corrected chi connectivity index (χ4v) is 4.01. The number of aliphatic carboxylic acids is 1. The van der Waals surface area contributed by atoms with Crippen LogP contribution in [0.25, 0.3) is 34.0 Å². The Kier molecular flexibility index (Phi) is 6.13. The highest BCUT2D eigenvalue weighted by atomic mass is 16.4. The lowest BCUT2D eigenvalue weighted by Gasteiger charge is -2.20. The predicted octanol–water partition coefficient (Wildman–Crippen LogP) is 2.71. The third-order valence-electron chi connectivity index (χ3n) is 5.66. The van der Waals surface area contributed by atoms with Crippen LogP contribution >= 0.6 is 0 Å². The van der Waals surface area contributed by atoms with Gasteiger partial charge in [-0.2, -0.15) is 4.57 Å². The lowest BCUT2D eigenvalue weighted by molar-refractivity contribution is -0.665. The summed E-state index contributed by atoms with van der Waals surface area (Å²) in [6.07, 6.45) is 4.97. The number of pyridine rings is 1. The number of anilines is 1. The number of phenolic OH excluding ortho intramolecular Hbond substituents is 1. The van der Waals surface area contributed by atoms with Crippen LogP contribution in [0, 0.1) is 0 Å². The number of phenols is 1. The third-order valence-corrected chi connectivity index (χ3v) is 5.66. The van der Waals surface area contributed by atoms with E-state index in [-0.39, 0.29) is 12.3 Å². The fraction of sp³-hybridized carbons (Fsp3) is 0.192. The van der Waals surface area contributed by atoms with Crippen LogP contribution in [-0.2, 0) is 11.3 Å². The molecule has 168 valence electrons. The van der Waals surface area contributed by atoms with E-state index in [1.54, 1.807) is 42.6 Å². The van der Waals surface area contributed by atoms with E-state index in [1.807, 2.05) is 18.2 Å². The maximum atomic E-state index is 12.6. The molecule has 0 bridgehead atoms. The van der Waals surface area contributed by atoms with Crippen molar-refractivity contribution in [3.63, 3.8) is 0 Å². The van der Waals surface area contributed by atoms with Gasteiger partial charge in [0.25, 0.3) is 5.52 Å². The van der Waals surface area contributed by atoms with E-state index in [2.05, 4.69) is 18.7 Å². The molecule has 0 aliphatic rings. The number of carboxylic acid groups (broad SMARTS) is 1. The summed E-state index contributed by atoms with van der Waals surface area (Å²) in [6.45, 7) is 5.48. The van der Waals surface area contributed by atoms with Gasteiger partial charge in [-0.25, -0.2) is 4.79 Å². The maximum Gasteiger partial charge on any atom is 0.343 e. The molecule has 0 unspecified atom stereocenters. The second-order valence-electron chi connectivity index (χ2n) is 7.66. The van der Waals surface area contributed by atoms with Crippen molar-refractivity contribution >= 4 is 45.7 Å². The van der Waals surface area contributed by atoms with E-state index in [4.69, 9.17) is 4.42 Å². The van der Waals surface area contributed by atoms with Gasteiger partial charge in [-0.3, -0.25) is 0 Å². The van der Waals surface area contributed by atoms with Crippen LogP contribution in [0.15, 0.2) is 63.9 Å². The van der Waals surface area contributed by atoms with Crippen molar-refractivity contribution in [2.45, 2.75) is 20.4 Å². The molecule has 0 radical (unpaired) electrons. The summed E-state index contributed by atoms with van der Waals surface area (Å²) in [5, 5.41) is 22.8. The van der Waals surface area contributed by atoms with Crippen LogP contribution in [0.5, 0.6) is 5.75 Å². The minimum atomic E-state index is -1.26. The molecule has 33 heavy (non-hydrogen) atoms. The van der Waals surface area contributed by atoms with Crippen LogP contribution in [0.4, 0.5) is 5.69 Å². The van der Waals surface area contributed by atoms with Gasteiger partial charge in [-0.15, -0.1) is 0 Å². The molecule has 0 amide bonds. The van der Waals surface area contributed by atoms with Gasteiger partial charge in [0.2, 0.25) is 0 Å². The first-order valence-electron chi connectivity index (χ1n) is 10.8. The monoisotopic (exact) mass is 444 g/mol. The summed E-state index contributed by atoms with van der Waals surface area (Å²) < 4.78 is 6.99. The SMILES string of the molecule is CCN(CC)c1ccc2cc(/C=C/c3cc[n+](CC(=O)[O-])c4c(O)cccc34)c(=O)oc2c1. The first-order chi connectivity index (χ1) is 15.9. The molecule has 4 rings (SSSR count). The summed E-state index contributed by atoms with van der Waals surface area (Å²) in [6, 6.07) is 14.3. The minimum absolute atomic E-state index is 0.0433. The van der Waals surface area contributed by atoms with Crippen LogP contribution in [0.1, 0.15) is 25.0 Å². The molecule has 2 aromatic carbocycles. The van der Waals surface area contributed by atoms with Crippen molar-refractivity contribution in [1.82, 2.24) is 0 Å². The number of aromatic hydroxyl groups is 1. The first-order valence-corrected chi connectivity index (χ1v) is 10.8. The summed E-state index contributed by atoms with van der Waals surface area (Å²) in [4.78, 5) is 25.9. The van der Waals surface area contributed by atoms with E-state index in [0.29, 0.717) is 27.6 Å². The zero-order valence-electron chi connectivity index (χ0n) is 18.4. The first kappa shape index (κ1) is 22.1. The molecule has 4 aromatic rings. The molecule has 2 heterocycles. The normalized spacial score (nSPS) is 11.5. The van der Waals surface area contributed by atoms with E-state index >= 15 is 0 Å². The number of nitrogens with zero attached hydrogens (tertiary/aromatic N) is 2. The number of hydrogen-bond donors (Lipinski definition) is 1. The summed E-state index contributed by atoms with van der Waals surface area (Å²) in [7, 11) is 0. The zero-order chi connectivity index (χ0) is 23.5. The molecule has 0 saturated carbocycles. The molecule has 7 nitrogen and oxygen atoms in total. The Balaban J connectivity index is 1.75. The Morgan fingerprint density at radius 3 is 2.58 bits per heavy atom. The molecule has 0 atom stereocenters. The Bertz CT molecular complexity index is 1430. The predicted molar refractivity (Wildman–Crippen MR) is 126 cm³/mol. The molecular formula is C26H24N2O5. The van der Waals surface area contributed by atoms with Crippen LogP contribution < -0.4 is 20.2 Å². The average Bonchev–Trinajstić information content (AvgIpc) is 2.79. The molecule has 0 saturated heterocycles. The molecule has 1 N–H and O–H groups in total. The van der Waals surface area contributed by atoms with Gasteiger partial charge in [-0.1, -0.05) is 12.1 Å². The smallest absolute Gasteiger partial charge is 0.343 e. The fourth-order valence-electron chi connectivity index (χ4n) is 4.01. The molecule has 2 aromatic heterocycles. The Morgan fingerprint density at radius 1 is 1.09 bits per heavy atom. The van der Waals surface area contributed by atoms with E-state index in [9.17, 15) is 19.8 Å². The number of para-hydroxylation sites is 1. The lowest BCUT2D eigenvalue weighted by atomic mass is 10.1. The van der Waals surface area contributed by atoms with E-state index in [0.717, 1.165) is 24.2 Å². The van der Waals surface area contributed by atoms with Crippen LogP contribution in [0.3, 0.4) is 0 Å². The Morgan fingerprint density at radius 2 is 1.85 bits per heavy atom. The highest BCUT2D eigenvalue weighted by Gasteiger charge is 2.16. The summed E-state index contributed by atoms with van der Waals surface area (Å²) >= 11 is 0. The van der Waals surface area contributed by atoms with Gasteiger partial charge < -0.3 is 24.3 Å². The molecule has 0 spiro atoms. The zero-order valence-corrected chi connectivity index (χ0v) is 18.4. The molecular weight excluding hydrogens is 420 g/mol. The number of hydrogen-bond acceptors (Lipinski definition) is 6. The Labute approximate surface area is 190 Å². The van der Waals surface area contributed by atoms with Gasteiger partial charge in [0.05, 0.1) is 10.9 Å². The number of carbonyl (C=O) groups is 1. The number of rotatable bonds is 7. The van der Waals surface area contributed by atoms with Crippen LogP contribution in [0.2, 0.25) is 0 Å². The average molecular weight is 444 g/mol. The number of fused-ring (bicyclic) bond motifs is 2. The van der Waals surface area contributed by atoms with Crippen molar-refractivity contribution < 1.29 is 24.0 Å². The second kappa shape index (κ2) is 9.16. The van der Waals surface area contributed by atoms with Crippen molar-refractivity contribution in [2.75, 3.05) is 18.0 Å². The number of aromatic nitrogens is 1. The standard InChI is InChI=1S/C26H24N2O5/c1-3-27(4-2)20-11-10-18-14-19(26(32)33-23(18)15-20)9-8-17-12-13-28(16-24(30)31)25-21(17)6-5-7-22(25)29/h5-15H,3-4,16H2,1-2H3,(H-,29,30,31). The van der Waals surface area contributed by atoms with Gasteiger partial charge >= 0.3 is 5.63 Å². The third kappa shape index (κ3) is 4.43. The van der Waals surface area contributed by atoms with Crippen molar-refractivity contribution in [1.29, 1.82) is 0 Å². The summed E-state index contributed by atoms with van der Waals surface area (Å²) in [5.41, 5.74) is 2.55. The summed E-state index contributed by atoms with van der Waals surface area (Å²) in [5.74, 6) is -1.30. The second-order valence-corrected chi connectivity index (χ2v) is 7.66. The highest BCUT2D eigenvalue weighted by Crippen LogP contribution is 2.26. The van der Waals surface area contributed by atoms with Crippen molar-refractivity contribution in [2.24, 2.45) is 0 Å². The van der Waals surface area contributed by atoms with Gasteiger partial charge in [0.1, 0.15) is 11.6 Å². The van der Waals surface area contributed by atoms with E-state index in [1.165, 1.54) is 10.6 Å². The van der Waals surface area contributed by atoms with Gasteiger partial charge in [-0.05, 0) is 55.8 Å². The van der Waals surface area contributed by atoms with Crippen molar-refractivity contribution in [3.8, 4) is 5.75 Å². The lowest BCUT2D eigenvalue weighted by Crippen LogP contribution is -2.44. The quantitative estimate of drug-likeness (QED) is 0.348. The van der Waals surface area contributed by atoms with Crippen LogP contribution in [-0.4, -0.2) is 24.2 Å². The van der Waals surface area contributed by atoms with Crippen molar-refractivity contribution in [3.05, 3.63) is 76.3 Å². The number of carboxylic acids is 1. The number of carbonyl (C=O) groups excluding carboxylic acids is 1. The molecule has 0 aliphatic carbocycles. The van der Waals surface area contributed by atoms with Gasteiger partial charge in [0, 0.05) is 36.3 Å². The molecule has 0 fully saturated rings. The molecule has 0 aliphatic heterocycles. The molecule has 7 heteroatoms. The maximum absolute atomic E-state index is 12.6.